The number of carboxylic acids is 1. The molecule has 190 valence electrons. The largest absolute Gasteiger partial charge is 0.524 e. The lowest BCUT2D eigenvalue weighted by molar-refractivity contribution is -0.136. The molecule has 1 aromatic rings. The molecule has 0 heterocycles. The second-order valence-corrected chi connectivity index (χ2v) is 8.67. The number of rotatable bonds is 21. The fourth-order valence-electron chi connectivity index (χ4n) is 2.95. The van der Waals surface area contributed by atoms with E-state index >= 15 is 0 Å². The Hall–Kier alpha value is -1.56. The lowest BCUT2D eigenvalue weighted by Crippen LogP contribution is -2.32. The van der Waals surface area contributed by atoms with Crippen LogP contribution in [0.3, 0.4) is 0 Å². The van der Waals surface area contributed by atoms with E-state index in [-0.39, 0.29) is 18.2 Å². The molecule has 0 saturated heterocycles. The van der Waals surface area contributed by atoms with E-state index in [9.17, 15) is 9.36 Å². The molecule has 0 aromatic heterocycles. The molecule has 0 saturated carbocycles. The van der Waals surface area contributed by atoms with E-state index in [2.05, 4.69) is 27.4 Å². The van der Waals surface area contributed by atoms with Gasteiger partial charge in [-0.15, -0.1) is 0 Å². The normalized spacial score (nSPS) is 12.6. The first-order valence-corrected chi connectivity index (χ1v) is 12.7. The molecule has 0 aliphatic rings. The monoisotopic (exact) mass is 491 g/mol. The molecule has 6 N–H and O–H groups in total. The Morgan fingerprint density at radius 3 is 2.27 bits per heavy atom. The molecule has 0 aliphatic heterocycles. The number of nitrogens with one attached hydrogen (secondary N) is 3. The molecule has 1 atom stereocenters. The fraction of sp³-hybridized carbons (Fsp3) is 0.667. The van der Waals surface area contributed by atoms with Crippen molar-refractivity contribution in [3.8, 4) is 5.75 Å². The molecular weight excluding hydrogens is 453 g/mol. The summed E-state index contributed by atoms with van der Waals surface area (Å²) < 4.78 is 26.7. The zero-order valence-corrected chi connectivity index (χ0v) is 20.1. The van der Waals surface area contributed by atoms with Gasteiger partial charge in [-0.3, -0.25) is 14.6 Å². The maximum atomic E-state index is 10.9. The summed E-state index contributed by atoms with van der Waals surface area (Å²) in [7, 11) is -4.60. The first-order valence-electron chi connectivity index (χ1n) is 11.1. The third-order valence-electron chi connectivity index (χ3n) is 4.44. The first kappa shape index (κ1) is 29.5. The van der Waals surface area contributed by atoms with Crippen molar-refractivity contribution in [1.82, 2.24) is 16.0 Å². The Balaban J connectivity index is 2.30. The molecule has 1 rings (SSSR count). The van der Waals surface area contributed by atoms with E-state index in [1.807, 2.05) is 0 Å². The number of phosphoric acid groups is 1. The molecule has 0 aliphatic carbocycles. The van der Waals surface area contributed by atoms with E-state index in [0.717, 1.165) is 38.2 Å². The van der Waals surface area contributed by atoms with Gasteiger partial charge in [0.25, 0.3) is 0 Å². The number of aliphatic carboxylic acids is 1. The Morgan fingerprint density at radius 2 is 1.64 bits per heavy atom. The van der Waals surface area contributed by atoms with Crippen LogP contribution in [0.4, 0.5) is 0 Å². The summed E-state index contributed by atoms with van der Waals surface area (Å²) in [4.78, 5) is 28.5. The zero-order valence-electron chi connectivity index (χ0n) is 19.2. The van der Waals surface area contributed by atoms with Crippen molar-refractivity contribution in [2.45, 2.75) is 19.8 Å². The highest BCUT2D eigenvalue weighted by atomic mass is 31.2. The molecule has 0 radical (unpaired) electrons. The number of ether oxygens (including phenoxy) is 2. The van der Waals surface area contributed by atoms with E-state index in [1.54, 1.807) is 12.1 Å². The summed E-state index contributed by atoms with van der Waals surface area (Å²) in [6.45, 7) is 8.00. The van der Waals surface area contributed by atoms with Gasteiger partial charge in [0.15, 0.2) is 0 Å². The number of phosphoric ester groups is 1. The standard InChI is InChI=1S/C21H38N3O8P/c1-2-7-22-8-9-23-10-11-30-12-13-31-17-19(15-24-16-21(25)26)14-18-3-5-20(6-4-18)32-33(27,28)29/h3-6,19,22-24H,2,7-17H2,1H3,(H,25,26)(H2,27,28,29). The predicted octanol–water partition coefficient (Wildman–Crippen LogP) is 0.613. The van der Waals surface area contributed by atoms with Crippen molar-refractivity contribution in [1.29, 1.82) is 0 Å². The highest BCUT2D eigenvalue weighted by Gasteiger charge is 2.16. The Morgan fingerprint density at radius 1 is 0.970 bits per heavy atom. The maximum Gasteiger partial charge on any atom is 0.524 e. The van der Waals surface area contributed by atoms with Crippen LogP contribution in [0.25, 0.3) is 0 Å². The van der Waals surface area contributed by atoms with Crippen molar-refractivity contribution in [3.05, 3.63) is 29.8 Å². The van der Waals surface area contributed by atoms with Gasteiger partial charge < -0.3 is 35.1 Å². The lowest BCUT2D eigenvalue weighted by Gasteiger charge is -2.18. The maximum absolute atomic E-state index is 10.9. The van der Waals surface area contributed by atoms with Gasteiger partial charge in [-0.25, -0.2) is 4.57 Å². The van der Waals surface area contributed by atoms with Crippen LogP contribution < -0.4 is 20.5 Å². The molecular formula is C21H38N3O8P. The minimum Gasteiger partial charge on any atom is -0.480 e. The van der Waals surface area contributed by atoms with Crippen LogP contribution in [0.1, 0.15) is 18.9 Å². The van der Waals surface area contributed by atoms with Gasteiger partial charge in [-0.2, -0.15) is 0 Å². The van der Waals surface area contributed by atoms with Crippen LogP contribution >= 0.6 is 7.82 Å². The highest BCUT2D eigenvalue weighted by molar-refractivity contribution is 7.46. The molecule has 1 aromatic carbocycles. The summed E-state index contributed by atoms with van der Waals surface area (Å²) >= 11 is 0. The summed E-state index contributed by atoms with van der Waals surface area (Å²) in [6.07, 6.45) is 1.72. The van der Waals surface area contributed by atoms with Gasteiger partial charge in [-0.1, -0.05) is 19.1 Å². The van der Waals surface area contributed by atoms with Crippen molar-refractivity contribution >= 4 is 13.8 Å². The van der Waals surface area contributed by atoms with Crippen molar-refractivity contribution in [2.24, 2.45) is 5.92 Å². The summed E-state index contributed by atoms with van der Waals surface area (Å²) in [5.41, 5.74) is 0.912. The van der Waals surface area contributed by atoms with Crippen molar-refractivity contribution in [2.75, 3.05) is 65.7 Å². The topological polar surface area (TPSA) is 159 Å². The van der Waals surface area contributed by atoms with Crippen LogP contribution in [0.2, 0.25) is 0 Å². The van der Waals surface area contributed by atoms with Crippen LogP contribution in [-0.2, 0) is 25.3 Å². The number of hydrogen-bond donors (Lipinski definition) is 6. The van der Waals surface area contributed by atoms with E-state index in [4.69, 9.17) is 24.4 Å². The summed E-state index contributed by atoms with van der Waals surface area (Å²) in [5, 5.41) is 18.3. The molecule has 12 heteroatoms. The number of carbonyl (C=O) groups is 1. The van der Waals surface area contributed by atoms with E-state index in [0.29, 0.717) is 39.4 Å². The molecule has 1 unspecified atom stereocenters. The highest BCUT2D eigenvalue weighted by Crippen LogP contribution is 2.37. The van der Waals surface area contributed by atoms with Crippen LogP contribution in [0.5, 0.6) is 5.75 Å². The van der Waals surface area contributed by atoms with Crippen LogP contribution in [-0.4, -0.2) is 86.6 Å². The molecule has 0 amide bonds. The van der Waals surface area contributed by atoms with Gasteiger partial charge in [0.1, 0.15) is 5.75 Å². The van der Waals surface area contributed by atoms with E-state index in [1.165, 1.54) is 12.1 Å². The van der Waals surface area contributed by atoms with Gasteiger partial charge in [0.2, 0.25) is 0 Å². The minimum absolute atomic E-state index is 0.00943. The van der Waals surface area contributed by atoms with Gasteiger partial charge in [0, 0.05) is 26.2 Å². The van der Waals surface area contributed by atoms with Crippen molar-refractivity contribution < 1.29 is 38.3 Å². The second-order valence-electron chi connectivity index (χ2n) is 7.51. The predicted molar refractivity (Wildman–Crippen MR) is 124 cm³/mol. The molecule has 0 bridgehead atoms. The number of carboxylic acid groups (broad SMARTS) is 1. The summed E-state index contributed by atoms with van der Waals surface area (Å²) in [6, 6.07) is 6.39. The quantitative estimate of drug-likeness (QED) is 0.106. The van der Waals surface area contributed by atoms with Gasteiger partial charge >= 0.3 is 13.8 Å². The molecule has 0 fully saturated rings. The number of hydrogen-bond acceptors (Lipinski definition) is 8. The van der Waals surface area contributed by atoms with Gasteiger partial charge in [0.05, 0.1) is 33.0 Å². The van der Waals surface area contributed by atoms with Crippen molar-refractivity contribution in [3.63, 3.8) is 0 Å². The third kappa shape index (κ3) is 17.6. The van der Waals surface area contributed by atoms with Gasteiger partial charge in [-0.05, 0) is 43.0 Å². The van der Waals surface area contributed by atoms with Crippen LogP contribution in [0, 0.1) is 5.92 Å². The Kier molecular flexibility index (Phi) is 15.9. The summed E-state index contributed by atoms with van der Waals surface area (Å²) in [5.74, 6) is -0.848. The molecule has 11 nitrogen and oxygen atoms in total. The fourth-order valence-corrected chi connectivity index (χ4v) is 3.34. The molecule has 33 heavy (non-hydrogen) atoms. The smallest absolute Gasteiger partial charge is 0.480 e. The average Bonchev–Trinajstić information content (AvgIpc) is 2.74. The van der Waals surface area contributed by atoms with E-state index < -0.39 is 13.8 Å². The zero-order chi connectivity index (χ0) is 24.4. The second kappa shape index (κ2) is 17.9. The Bertz CT molecular complexity index is 687. The lowest BCUT2D eigenvalue weighted by atomic mass is 10.00. The van der Waals surface area contributed by atoms with Crippen LogP contribution in [0.15, 0.2) is 24.3 Å². The number of benzene rings is 1. The first-order chi connectivity index (χ1) is 15.8. The Labute approximate surface area is 195 Å². The minimum atomic E-state index is -4.60. The molecule has 0 spiro atoms. The SMILES string of the molecule is CCCNCCNCCOCCOCC(CNCC(=O)O)Cc1ccc(OP(=O)(O)O)cc1. The average molecular weight is 492 g/mol. The third-order valence-corrected chi connectivity index (χ3v) is 4.88.